The standard InChI is InChI=1S/C15H27NOS/c1-14(2)11-4-7-15(14,3)13(10-11)16-12-5-8-18(17)9-6-12/h11-13,16H,4-10H2,1-3H3. The molecular weight excluding hydrogens is 242 g/mol. The highest BCUT2D eigenvalue weighted by atomic mass is 32.2. The van der Waals surface area contributed by atoms with E-state index in [0.717, 1.165) is 30.3 Å². The van der Waals surface area contributed by atoms with Crippen LogP contribution >= 0.6 is 0 Å². The molecule has 2 bridgehead atoms. The van der Waals surface area contributed by atoms with Crippen LogP contribution in [-0.4, -0.2) is 27.8 Å². The molecule has 3 aliphatic rings. The van der Waals surface area contributed by atoms with Crippen molar-refractivity contribution in [1.29, 1.82) is 0 Å². The van der Waals surface area contributed by atoms with Crippen LogP contribution in [0, 0.1) is 16.7 Å². The molecule has 0 aromatic carbocycles. The summed E-state index contributed by atoms with van der Waals surface area (Å²) in [4.78, 5) is 0. The molecule has 104 valence electrons. The van der Waals surface area contributed by atoms with Gasteiger partial charge < -0.3 is 5.32 Å². The molecule has 3 fully saturated rings. The Balaban J connectivity index is 1.67. The molecule has 2 aliphatic carbocycles. The van der Waals surface area contributed by atoms with Crippen molar-refractivity contribution in [3.8, 4) is 0 Å². The highest BCUT2D eigenvalue weighted by Gasteiger charge is 2.61. The summed E-state index contributed by atoms with van der Waals surface area (Å²) in [6, 6.07) is 1.32. The van der Waals surface area contributed by atoms with Crippen molar-refractivity contribution in [2.45, 2.75) is 65.0 Å². The first kappa shape index (κ1) is 13.1. The second-order valence-corrected chi connectivity index (χ2v) is 9.15. The smallest absolute Gasteiger partial charge is 0.0249 e. The fourth-order valence-electron chi connectivity index (χ4n) is 4.70. The Hall–Kier alpha value is 0.110. The Morgan fingerprint density at radius 3 is 2.28 bits per heavy atom. The van der Waals surface area contributed by atoms with E-state index in [4.69, 9.17) is 0 Å². The highest BCUT2D eigenvalue weighted by molar-refractivity contribution is 7.85. The number of hydrogen-bond donors (Lipinski definition) is 1. The van der Waals surface area contributed by atoms with Crippen LogP contribution in [0.25, 0.3) is 0 Å². The maximum absolute atomic E-state index is 11.4. The number of rotatable bonds is 2. The predicted octanol–water partition coefficient (Wildman–Crippen LogP) is 2.70. The molecule has 18 heavy (non-hydrogen) atoms. The van der Waals surface area contributed by atoms with E-state index in [1.54, 1.807) is 0 Å². The van der Waals surface area contributed by atoms with E-state index in [9.17, 15) is 4.21 Å². The number of hydrogen-bond acceptors (Lipinski definition) is 2. The molecule has 3 unspecified atom stereocenters. The molecule has 0 spiro atoms. The zero-order chi connectivity index (χ0) is 13.0. The van der Waals surface area contributed by atoms with Crippen LogP contribution < -0.4 is 5.32 Å². The van der Waals surface area contributed by atoms with Crippen LogP contribution in [0.3, 0.4) is 0 Å². The van der Waals surface area contributed by atoms with Crippen LogP contribution in [0.5, 0.6) is 0 Å². The SMILES string of the molecule is CC1(C)C2CCC1(C)C(NC1CCS(=O)CC1)C2. The quantitative estimate of drug-likeness (QED) is 0.835. The van der Waals surface area contributed by atoms with Crippen molar-refractivity contribution in [3.05, 3.63) is 0 Å². The highest BCUT2D eigenvalue weighted by Crippen LogP contribution is 2.65. The summed E-state index contributed by atoms with van der Waals surface area (Å²) in [5.41, 5.74) is 0.983. The molecule has 0 amide bonds. The van der Waals surface area contributed by atoms with Crippen molar-refractivity contribution in [3.63, 3.8) is 0 Å². The minimum Gasteiger partial charge on any atom is -0.311 e. The van der Waals surface area contributed by atoms with Gasteiger partial charge >= 0.3 is 0 Å². The van der Waals surface area contributed by atoms with Gasteiger partial charge in [0.15, 0.2) is 0 Å². The fourth-order valence-corrected chi connectivity index (χ4v) is 6.00. The molecule has 1 N–H and O–H groups in total. The molecule has 0 aromatic rings. The van der Waals surface area contributed by atoms with Crippen LogP contribution in [0.1, 0.15) is 52.9 Å². The topological polar surface area (TPSA) is 29.1 Å². The van der Waals surface area contributed by atoms with E-state index in [1.165, 1.54) is 19.3 Å². The maximum Gasteiger partial charge on any atom is 0.0249 e. The Bertz CT molecular complexity index is 358. The van der Waals surface area contributed by atoms with Gasteiger partial charge in [-0.1, -0.05) is 20.8 Å². The van der Waals surface area contributed by atoms with Crippen LogP contribution in [0.15, 0.2) is 0 Å². The van der Waals surface area contributed by atoms with Crippen molar-refractivity contribution in [2.75, 3.05) is 11.5 Å². The Labute approximate surface area is 114 Å². The van der Waals surface area contributed by atoms with Gasteiger partial charge in [0.05, 0.1) is 0 Å². The molecule has 2 nitrogen and oxygen atoms in total. The average Bonchev–Trinajstić information content (AvgIpc) is 2.65. The van der Waals surface area contributed by atoms with Gasteiger partial charge in [-0.15, -0.1) is 0 Å². The zero-order valence-corrected chi connectivity index (χ0v) is 12.8. The first-order chi connectivity index (χ1) is 8.43. The summed E-state index contributed by atoms with van der Waals surface area (Å²) in [5, 5.41) is 3.93. The van der Waals surface area contributed by atoms with Crippen LogP contribution in [0.2, 0.25) is 0 Å². The summed E-state index contributed by atoms with van der Waals surface area (Å²) >= 11 is 0. The Kier molecular flexibility index (Phi) is 3.14. The molecule has 3 heteroatoms. The lowest BCUT2D eigenvalue weighted by molar-refractivity contribution is 0.114. The monoisotopic (exact) mass is 269 g/mol. The largest absolute Gasteiger partial charge is 0.311 e. The molecule has 0 radical (unpaired) electrons. The third kappa shape index (κ3) is 1.81. The van der Waals surface area contributed by atoms with E-state index in [0.29, 0.717) is 22.9 Å². The van der Waals surface area contributed by atoms with Crippen molar-refractivity contribution in [2.24, 2.45) is 16.7 Å². The van der Waals surface area contributed by atoms with Gasteiger partial charge in [-0.25, -0.2) is 0 Å². The number of fused-ring (bicyclic) bond motifs is 2. The minimum atomic E-state index is -0.532. The molecule has 3 rings (SSSR count). The van der Waals surface area contributed by atoms with Crippen LogP contribution in [0.4, 0.5) is 0 Å². The fraction of sp³-hybridized carbons (Fsp3) is 1.00. The van der Waals surface area contributed by atoms with Crippen LogP contribution in [-0.2, 0) is 10.8 Å². The normalized spacial score (nSPS) is 50.6. The van der Waals surface area contributed by atoms with E-state index >= 15 is 0 Å². The van der Waals surface area contributed by atoms with E-state index in [2.05, 4.69) is 26.1 Å². The second-order valence-electron chi connectivity index (χ2n) is 7.45. The Morgan fingerprint density at radius 2 is 1.78 bits per heavy atom. The van der Waals surface area contributed by atoms with Gasteiger partial charge in [-0.05, 0) is 48.9 Å². The van der Waals surface area contributed by atoms with E-state index in [1.807, 2.05) is 0 Å². The Morgan fingerprint density at radius 1 is 1.11 bits per heavy atom. The molecule has 0 aromatic heterocycles. The second kappa shape index (κ2) is 4.31. The van der Waals surface area contributed by atoms with Gasteiger partial charge in [0.2, 0.25) is 0 Å². The van der Waals surface area contributed by atoms with Crippen molar-refractivity contribution in [1.82, 2.24) is 5.32 Å². The predicted molar refractivity (Wildman–Crippen MR) is 77.1 cm³/mol. The third-order valence-corrected chi connectivity index (χ3v) is 8.00. The molecule has 2 saturated carbocycles. The lowest BCUT2D eigenvalue weighted by Gasteiger charge is -2.41. The summed E-state index contributed by atoms with van der Waals surface area (Å²) < 4.78 is 11.4. The minimum absolute atomic E-state index is 0.480. The third-order valence-electron chi connectivity index (χ3n) is 6.62. The first-order valence-electron chi connectivity index (χ1n) is 7.54. The molecule has 3 atom stereocenters. The molecule has 1 saturated heterocycles. The van der Waals surface area contributed by atoms with E-state index < -0.39 is 10.8 Å². The van der Waals surface area contributed by atoms with Gasteiger partial charge in [-0.2, -0.15) is 0 Å². The van der Waals surface area contributed by atoms with Crippen molar-refractivity contribution >= 4 is 10.8 Å². The molecule has 1 heterocycles. The summed E-state index contributed by atoms with van der Waals surface area (Å²) in [6.45, 7) is 7.45. The maximum atomic E-state index is 11.4. The van der Waals surface area contributed by atoms with E-state index in [-0.39, 0.29) is 0 Å². The van der Waals surface area contributed by atoms with Gasteiger partial charge in [0.25, 0.3) is 0 Å². The number of nitrogens with one attached hydrogen (secondary N) is 1. The molecule has 1 aliphatic heterocycles. The summed E-state index contributed by atoms with van der Waals surface area (Å²) in [5.74, 6) is 2.74. The lowest BCUT2D eigenvalue weighted by atomic mass is 9.69. The van der Waals surface area contributed by atoms with Crippen molar-refractivity contribution < 1.29 is 4.21 Å². The van der Waals surface area contributed by atoms with Gasteiger partial charge in [-0.3, -0.25) is 4.21 Å². The van der Waals surface area contributed by atoms with Gasteiger partial charge in [0.1, 0.15) is 0 Å². The first-order valence-corrected chi connectivity index (χ1v) is 9.03. The molecular formula is C15H27NOS. The average molecular weight is 269 g/mol. The van der Waals surface area contributed by atoms with Gasteiger partial charge in [0, 0.05) is 34.4 Å². The summed E-state index contributed by atoms with van der Waals surface area (Å²) in [7, 11) is -0.532. The summed E-state index contributed by atoms with van der Waals surface area (Å²) in [6.07, 6.45) is 6.41. The zero-order valence-electron chi connectivity index (χ0n) is 12.0. The lowest BCUT2D eigenvalue weighted by Crippen LogP contribution is -2.50.